The molecular formula is C4H8ClN3O. The van der Waals surface area contributed by atoms with Gasteiger partial charge in [0.1, 0.15) is 0 Å². The van der Waals surface area contributed by atoms with Crippen LogP contribution in [-0.2, 0) is 0 Å². The summed E-state index contributed by atoms with van der Waals surface area (Å²) in [6, 6.07) is 0. The van der Waals surface area contributed by atoms with Crippen molar-refractivity contribution in [1.29, 1.82) is 0 Å². The third kappa shape index (κ3) is 2.23. The van der Waals surface area contributed by atoms with Crippen LogP contribution in [0.5, 0.6) is 0 Å². The monoisotopic (exact) mass is 149 g/mol. The fourth-order valence-corrected chi connectivity index (χ4v) is 0.366. The minimum absolute atomic E-state index is 0.0965. The first-order chi connectivity index (χ1) is 4.09. The number of nitrogens with two attached hydrogens (primary N) is 2. The van der Waals surface area contributed by atoms with Gasteiger partial charge in [0.15, 0.2) is 5.17 Å². The smallest absolute Gasteiger partial charge is 0.192 e. The maximum Gasteiger partial charge on any atom is 0.192 e. The zero-order valence-electron chi connectivity index (χ0n) is 4.93. The van der Waals surface area contributed by atoms with Crippen LogP contribution in [0.3, 0.4) is 0 Å². The maximum absolute atomic E-state index is 8.04. The third-order valence-corrected chi connectivity index (χ3v) is 1.01. The molecule has 0 heterocycles. The van der Waals surface area contributed by atoms with E-state index in [2.05, 4.69) is 5.16 Å². The Morgan fingerprint density at radius 3 is 2.11 bits per heavy atom. The lowest BCUT2D eigenvalue weighted by atomic mass is 10.4. The van der Waals surface area contributed by atoms with Gasteiger partial charge in [-0.1, -0.05) is 16.8 Å². The molecule has 0 aromatic rings. The van der Waals surface area contributed by atoms with E-state index >= 15 is 0 Å². The van der Waals surface area contributed by atoms with E-state index in [1.54, 1.807) is 6.92 Å². The average molecular weight is 150 g/mol. The van der Waals surface area contributed by atoms with E-state index in [0.29, 0.717) is 5.70 Å². The van der Waals surface area contributed by atoms with Gasteiger partial charge in [-0.25, -0.2) is 0 Å². The van der Waals surface area contributed by atoms with Crippen LogP contribution in [0.25, 0.3) is 0 Å². The van der Waals surface area contributed by atoms with Crippen LogP contribution < -0.4 is 11.5 Å². The maximum atomic E-state index is 8.04. The summed E-state index contributed by atoms with van der Waals surface area (Å²) in [5, 5.41) is 10.5. The highest BCUT2D eigenvalue weighted by atomic mass is 35.5. The van der Waals surface area contributed by atoms with Gasteiger partial charge in [-0.05, 0) is 6.92 Å². The van der Waals surface area contributed by atoms with Crippen molar-refractivity contribution in [3.8, 4) is 0 Å². The van der Waals surface area contributed by atoms with Crippen molar-refractivity contribution in [1.82, 2.24) is 0 Å². The molecule has 0 aromatic heterocycles. The first-order valence-electron chi connectivity index (χ1n) is 2.19. The Morgan fingerprint density at radius 2 is 2.00 bits per heavy atom. The zero-order valence-corrected chi connectivity index (χ0v) is 5.68. The lowest BCUT2D eigenvalue weighted by molar-refractivity contribution is 0.320. The number of allylic oxidation sites excluding steroid dienone is 2. The number of hydrogen-bond acceptors (Lipinski definition) is 4. The Balaban J connectivity index is 4.40. The molecule has 0 aliphatic heterocycles. The molecular weight excluding hydrogens is 142 g/mol. The molecule has 0 saturated carbocycles. The van der Waals surface area contributed by atoms with E-state index in [0.717, 1.165) is 0 Å². The van der Waals surface area contributed by atoms with Gasteiger partial charge in [0.2, 0.25) is 0 Å². The second-order valence-corrected chi connectivity index (χ2v) is 1.85. The molecule has 0 rings (SSSR count). The topological polar surface area (TPSA) is 84.6 Å². The quantitative estimate of drug-likeness (QED) is 0.282. The third-order valence-electron chi connectivity index (χ3n) is 0.735. The van der Waals surface area contributed by atoms with Crippen molar-refractivity contribution in [3.05, 3.63) is 11.4 Å². The van der Waals surface area contributed by atoms with Crippen molar-refractivity contribution < 1.29 is 5.21 Å². The Hall–Kier alpha value is -0.900. The summed E-state index contributed by atoms with van der Waals surface area (Å²) in [6.45, 7) is 1.56. The molecule has 0 spiro atoms. The Labute approximate surface area is 57.8 Å². The first-order valence-corrected chi connectivity index (χ1v) is 2.57. The van der Waals surface area contributed by atoms with Crippen molar-refractivity contribution in [2.45, 2.75) is 6.92 Å². The Bertz CT molecular complexity index is 159. The van der Waals surface area contributed by atoms with Gasteiger partial charge in [0.25, 0.3) is 0 Å². The lowest BCUT2D eigenvalue weighted by Gasteiger charge is -1.96. The summed E-state index contributed by atoms with van der Waals surface area (Å²) in [5.41, 5.74) is 10.8. The van der Waals surface area contributed by atoms with Gasteiger partial charge in [0, 0.05) is 5.70 Å². The minimum Gasteiger partial charge on any atom is -0.410 e. The van der Waals surface area contributed by atoms with Crippen molar-refractivity contribution in [2.75, 3.05) is 0 Å². The van der Waals surface area contributed by atoms with Gasteiger partial charge >= 0.3 is 0 Å². The fraction of sp³-hybridized carbons (Fsp3) is 0.250. The van der Waals surface area contributed by atoms with Gasteiger partial charge in [-0.2, -0.15) is 0 Å². The molecule has 4 nitrogen and oxygen atoms in total. The largest absolute Gasteiger partial charge is 0.410 e. The lowest BCUT2D eigenvalue weighted by Crippen LogP contribution is -2.12. The molecule has 0 aliphatic rings. The molecule has 5 N–H and O–H groups in total. The number of oxime groups is 1. The van der Waals surface area contributed by atoms with Crippen molar-refractivity contribution in [3.63, 3.8) is 0 Å². The van der Waals surface area contributed by atoms with E-state index < -0.39 is 0 Å². The summed E-state index contributed by atoms with van der Waals surface area (Å²) in [7, 11) is 0. The average Bonchev–Trinajstić information content (AvgIpc) is 1.84. The number of rotatable bonds is 1. The zero-order chi connectivity index (χ0) is 7.44. The molecule has 0 bridgehead atoms. The van der Waals surface area contributed by atoms with E-state index in [9.17, 15) is 0 Å². The molecule has 0 unspecified atom stereocenters. The van der Waals surface area contributed by atoms with Crippen LogP contribution in [-0.4, -0.2) is 10.4 Å². The molecule has 0 radical (unpaired) electrons. The molecule has 5 heteroatoms. The van der Waals surface area contributed by atoms with Gasteiger partial charge < -0.3 is 16.7 Å². The fourth-order valence-electron chi connectivity index (χ4n) is 0.217. The molecule has 0 aliphatic carbocycles. The van der Waals surface area contributed by atoms with Crippen molar-refractivity contribution in [2.24, 2.45) is 16.6 Å². The van der Waals surface area contributed by atoms with Gasteiger partial charge in [-0.15, -0.1) is 0 Å². The van der Waals surface area contributed by atoms with E-state index in [1.165, 1.54) is 0 Å². The molecule has 52 valence electrons. The van der Waals surface area contributed by atoms with Crippen LogP contribution in [0.4, 0.5) is 0 Å². The molecule has 0 saturated heterocycles. The normalized spacial score (nSPS) is 15.1. The highest BCUT2D eigenvalue weighted by Crippen LogP contribution is 1.97. The van der Waals surface area contributed by atoms with E-state index in [4.69, 9.17) is 28.3 Å². The van der Waals surface area contributed by atoms with Gasteiger partial charge in [0.05, 0.1) is 5.70 Å². The van der Waals surface area contributed by atoms with E-state index in [-0.39, 0.29) is 10.9 Å². The molecule has 0 aromatic carbocycles. The first kappa shape index (κ1) is 8.10. The number of nitrogens with zero attached hydrogens (tertiary/aromatic N) is 1. The Kier molecular flexibility index (Phi) is 2.87. The van der Waals surface area contributed by atoms with Crippen LogP contribution in [0, 0.1) is 0 Å². The molecule has 0 amide bonds. The summed E-state index contributed by atoms with van der Waals surface area (Å²) in [6.07, 6.45) is 0. The highest BCUT2D eigenvalue weighted by Gasteiger charge is 1.99. The molecule has 9 heavy (non-hydrogen) atoms. The summed E-state index contributed by atoms with van der Waals surface area (Å²) in [4.78, 5) is 0. The summed E-state index contributed by atoms with van der Waals surface area (Å²) < 4.78 is 0. The predicted octanol–water partition coefficient (Wildman–Crippen LogP) is 0.162. The van der Waals surface area contributed by atoms with Gasteiger partial charge in [-0.3, -0.25) is 0 Å². The molecule has 0 fully saturated rings. The second kappa shape index (κ2) is 3.19. The standard InChI is InChI=1S/C4H8ClN3O/c1-2(6)3(7)4(5)8-9/h9H,6-7H2,1H3. The highest BCUT2D eigenvalue weighted by molar-refractivity contribution is 6.69. The minimum atomic E-state index is -0.185. The summed E-state index contributed by atoms with van der Waals surface area (Å²) >= 11 is 5.25. The second-order valence-electron chi connectivity index (χ2n) is 1.49. The molecule has 0 atom stereocenters. The van der Waals surface area contributed by atoms with Crippen LogP contribution in [0.1, 0.15) is 6.92 Å². The predicted molar refractivity (Wildman–Crippen MR) is 36.1 cm³/mol. The summed E-state index contributed by atoms with van der Waals surface area (Å²) in [5.74, 6) is 0. The SMILES string of the molecule is CC(N)=C(N)C(Cl)=NO. The van der Waals surface area contributed by atoms with Crippen LogP contribution >= 0.6 is 11.6 Å². The van der Waals surface area contributed by atoms with Crippen LogP contribution in [0.15, 0.2) is 16.5 Å². The number of halogens is 1. The van der Waals surface area contributed by atoms with Crippen molar-refractivity contribution >= 4 is 16.8 Å². The number of hydrogen-bond donors (Lipinski definition) is 3. The Morgan fingerprint density at radius 1 is 1.56 bits per heavy atom. The van der Waals surface area contributed by atoms with Crippen LogP contribution in [0.2, 0.25) is 0 Å². The van der Waals surface area contributed by atoms with E-state index in [1.807, 2.05) is 0 Å².